The molecule has 2 aromatic rings. The summed E-state index contributed by atoms with van der Waals surface area (Å²) in [4.78, 5) is 2.58. The van der Waals surface area contributed by atoms with Crippen LogP contribution in [0.1, 0.15) is 19.3 Å². The lowest BCUT2D eigenvalue weighted by Gasteiger charge is -2.23. The molecule has 110 valence electrons. The average molecular weight is 305 g/mol. The van der Waals surface area contributed by atoms with Crippen LogP contribution < -0.4 is 5.32 Å². The van der Waals surface area contributed by atoms with Crippen molar-refractivity contribution in [3.8, 4) is 5.69 Å². The third-order valence-electron chi connectivity index (χ3n) is 4.51. The summed E-state index contributed by atoms with van der Waals surface area (Å²) < 4.78 is 1.64. The Kier molecular flexibility index (Phi) is 3.27. The lowest BCUT2D eigenvalue weighted by molar-refractivity contribution is 0.318. The average Bonchev–Trinajstić information content (AvgIpc) is 3.19. The van der Waals surface area contributed by atoms with E-state index in [1.165, 1.54) is 32.4 Å². The van der Waals surface area contributed by atoms with Crippen molar-refractivity contribution in [2.75, 3.05) is 18.4 Å². The number of fused-ring (bicyclic) bond motifs is 1. The normalized spacial score (nSPS) is 25.2. The van der Waals surface area contributed by atoms with Gasteiger partial charge >= 0.3 is 0 Å². The molecule has 0 radical (unpaired) electrons. The van der Waals surface area contributed by atoms with E-state index in [4.69, 9.17) is 11.6 Å². The molecule has 6 nitrogen and oxygen atoms in total. The summed E-state index contributed by atoms with van der Waals surface area (Å²) >= 11 is 6.34. The predicted octanol–water partition coefficient (Wildman–Crippen LogP) is 1.96. The molecule has 2 saturated heterocycles. The molecule has 1 aromatic heterocycles. The summed E-state index contributed by atoms with van der Waals surface area (Å²) in [6.07, 6.45) is 5.35. The maximum Gasteiger partial charge on any atom is 0.143 e. The lowest BCUT2D eigenvalue weighted by atomic mass is 10.1. The minimum atomic E-state index is 0.481. The molecular formula is C14H17ClN6. The van der Waals surface area contributed by atoms with E-state index >= 15 is 0 Å². The summed E-state index contributed by atoms with van der Waals surface area (Å²) in [6.45, 7) is 2.42. The summed E-state index contributed by atoms with van der Waals surface area (Å²) in [5.41, 5.74) is 1.87. The number of benzene rings is 1. The van der Waals surface area contributed by atoms with Gasteiger partial charge < -0.3 is 5.32 Å². The first-order chi connectivity index (χ1) is 10.3. The van der Waals surface area contributed by atoms with Gasteiger partial charge in [-0.1, -0.05) is 11.6 Å². The van der Waals surface area contributed by atoms with Gasteiger partial charge in [0, 0.05) is 18.6 Å². The highest BCUT2D eigenvalue weighted by Crippen LogP contribution is 2.32. The Morgan fingerprint density at radius 1 is 1.24 bits per heavy atom. The lowest BCUT2D eigenvalue weighted by Crippen LogP contribution is -2.33. The summed E-state index contributed by atoms with van der Waals surface area (Å²) in [7, 11) is 0. The van der Waals surface area contributed by atoms with Crippen molar-refractivity contribution in [3.05, 3.63) is 29.5 Å². The van der Waals surface area contributed by atoms with Gasteiger partial charge in [0.05, 0.1) is 16.4 Å². The SMILES string of the molecule is Clc1ccc(-n2cnnn2)cc1NC1CCN2CCCC12. The largest absolute Gasteiger partial charge is 0.379 e. The Morgan fingerprint density at radius 3 is 3.05 bits per heavy atom. The highest BCUT2D eigenvalue weighted by atomic mass is 35.5. The number of nitrogens with zero attached hydrogens (tertiary/aromatic N) is 5. The Bertz CT molecular complexity index is 628. The molecule has 1 N–H and O–H groups in total. The molecule has 2 aliphatic heterocycles. The third kappa shape index (κ3) is 2.38. The standard InChI is InChI=1S/C14H17ClN6/c15-11-4-3-10(21-9-16-18-19-21)8-13(11)17-12-5-7-20-6-1-2-14(12)20/h3-4,8-9,12,14,17H,1-2,5-7H2. The van der Waals surface area contributed by atoms with Gasteiger partial charge in [0.1, 0.15) is 6.33 Å². The second-order valence-corrected chi connectivity index (χ2v) is 6.11. The number of tetrazole rings is 1. The van der Waals surface area contributed by atoms with Crippen LogP contribution in [0.2, 0.25) is 5.02 Å². The van der Waals surface area contributed by atoms with E-state index in [1.54, 1.807) is 11.0 Å². The molecule has 0 amide bonds. The molecule has 2 atom stereocenters. The number of anilines is 1. The Hall–Kier alpha value is -1.66. The minimum Gasteiger partial charge on any atom is -0.379 e. The molecule has 0 spiro atoms. The van der Waals surface area contributed by atoms with E-state index in [2.05, 4.69) is 25.7 Å². The molecule has 0 saturated carbocycles. The minimum absolute atomic E-state index is 0.481. The van der Waals surface area contributed by atoms with E-state index < -0.39 is 0 Å². The second-order valence-electron chi connectivity index (χ2n) is 5.70. The quantitative estimate of drug-likeness (QED) is 0.939. The van der Waals surface area contributed by atoms with Gasteiger partial charge in [-0.3, -0.25) is 4.90 Å². The molecule has 0 aliphatic carbocycles. The van der Waals surface area contributed by atoms with Crippen molar-refractivity contribution in [2.45, 2.75) is 31.3 Å². The number of aromatic nitrogens is 4. The Morgan fingerprint density at radius 2 is 2.19 bits per heavy atom. The van der Waals surface area contributed by atoms with Crippen LogP contribution in [0.4, 0.5) is 5.69 Å². The van der Waals surface area contributed by atoms with E-state index in [0.717, 1.165) is 16.4 Å². The van der Waals surface area contributed by atoms with E-state index in [9.17, 15) is 0 Å². The van der Waals surface area contributed by atoms with Crippen molar-refractivity contribution in [1.82, 2.24) is 25.1 Å². The predicted molar refractivity (Wildman–Crippen MR) is 80.8 cm³/mol. The number of nitrogens with one attached hydrogen (secondary N) is 1. The summed E-state index contributed by atoms with van der Waals surface area (Å²) in [5.74, 6) is 0. The van der Waals surface area contributed by atoms with E-state index in [0.29, 0.717) is 12.1 Å². The van der Waals surface area contributed by atoms with Gasteiger partial charge in [-0.25, -0.2) is 4.68 Å². The molecule has 3 heterocycles. The van der Waals surface area contributed by atoms with Crippen molar-refractivity contribution in [3.63, 3.8) is 0 Å². The zero-order valence-electron chi connectivity index (χ0n) is 11.6. The van der Waals surface area contributed by atoms with Crippen LogP contribution in [0.5, 0.6) is 0 Å². The van der Waals surface area contributed by atoms with E-state index in [-0.39, 0.29) is 0 Å². The molecule has 2 fully saturated rings. The molecule has 2 unspecified atom stereocenters. The van der Waals surface area contributed by atoms with Gasteiger partial charge in [-0.15, -0.1) is 5.10 Å². The third-order valence-corrected chi connectivity index (χ3v) is 4.84. The molecule has 4 rings (SSSR count). The Labute approximate surface area is 128 Å². The fraction of sp³-hybridized carbons (Fsp3) is 0.500. The first-order valence-corrected chi connectivity index (χ1v) is 7.72. The first-order valence-electron chi connectivity index (χ1n) is 7.35. The summed E-state index contributed by atoms with van der Waals surface area (Å²) in [6, 6.07) is 6.95. The molecule has 7 heteroatoms. The van der Waals surface area contributed by atoms with Gasteiger partial charge in [0.25, 0.3) is 0 Å². The zero-order valence-corrected chi connectivity index (χ0v) is 12.4. The first kappa shape index (κ1) is 13.0. The second kappa shape index (κ2) is 5.27. The topological polar surface area (TPSA) is 58.9 Å². The molecule has 0 bridgehead atoms. The maximum atomic E-state index is 6.34. The van der Waals surface area contributed by atoms with Gasteiger partial charge in [-0.05, 0) is 54.4 Å². The molecular weight excluding hydrogens is 288 g/mol. The number of rotatable bonds is 3. The van der Waals surface area contributed by atoms with Gasteiger partial charge in [0.15, 0.2) is 0 Å². The van der Waals surface area contributed by atoms with Crippen molar-refractivity contribution in [2.24, 2.45) is 0 Å². The molecule has 21 heavy (non-hydrogen) atoms. The van der Waals surface area contributed by atoms with Crippen LogP contribution in [-0.4, -0.2) is 50.3 Å². The Balaban J connectivity index is 1.58. The van der Waals surface area contributed by atoms with Gasteiger partial charge in [0.2, 0.25) is 0 Å². The van der Waals surface area contributed by atoms with Crippen molar-refractivity contribution in [1.29, 1.82) is 0 Å². The van der Waals surface area contributed by atoms with Gasteiger partial charge in [-0.2, -0.15) is 0 Å². The fourth-order valence-corrected chi connectivity index (χ4v) is 3.67. The molecule has 2 aliphatic rings. The van der Waals surface area contributed by atoms with Crippen LogP contribution >= 0.6 is 11.6 Å². The van der Waals surface area contributed by atoms with Crippen LogP contribution in [0.25, 0.3) is 5.69 Å². The van der Waals surface area contributed by atoms with Crippen LogP contribution in [0.3, 0.4) is 0 Å². The fourth-order valence-electron chi connectivity index (χ4n) is 3.50. The number of hydrogen-bond donors (Lipinski definition) is 1. The molecule has 1 aromatic carbocycles. The number of halogens is 1. The van der Waals surface area contributed by atoms with Crippen molar-refractivity contribution < 1.29 is 0 Å². The zero-order chi connectivity index (χ0) is 14.2. The van der Waals surface area contributed by atoms with Crippen molar-refractivity contribution >= 4 is 17.3 Å². The highest BCUT2D eigenvalue weighted by Gasteiger charge is 2.37. The van der Waals surface area contributed by atoms with E-state index in [1.807, 2.05) is 18.2 Å². The number of hydrogen-bond acceptors (Lipinski definition) is 5. The monoisotopic (exact) mass is 304 g/mol. The highest BCUT2D eigenvalue weighted by molar-refractivity contribution is 6.33. The smallest absolute Gasteiger partial charge is 0.143 e. The summed E-state index contributed by atoms with van der Waals surface area (Å²) in [5, 5.41) is 15.6. The van der Waals surface area contributed by atoms with Crippen LogP contribution in [-0.2, 0) is 0 Å². The van der Waals surface area contributed by atoms with Crippen LogP contribution in [0, 0.1) is 0 Å². The maximum absolute atomic E-state index is 6.34. The van der Waals surface area contributed by atoms with Crippen LogP contribution in [0.15, 0.2) is 24.5 Å².